The molecule has 0 bridgehead atoms. The third kappa shape index (κ3) is 2.63. The van der Waals surface area contributed by atoms with E-state index >= 15 is 0 Å². The van der Waals surface area contributed by atoms with Gasteiger partial charge in [0, 0.05) is 23.2 Å². The molecule has 0 saturated carbocycles. The van der Waals surface area contributed by atoms with Gasteiger partial charge in [0.1, 0.15) is 5.75 Å². The van der Waals surface area contributed by atoms with Gasteiger partial charge in [0.15, 0.2) is 11.4 Å². The highest BCUT2D eigenvalue weighted by molar-refractivity contribution is 7.12. The number of aromatic nitrogens is 2. The molecule has 0 aliphatic heterocycles. The largest absolute Gasteiger partial charge is 0.495 e. The number of nitrogens with zero attached hydrogens (tertiary/aromatic N) is 2. The maximum Gasteiger partial charge on any atom is 0.194 e. The minimum atomic E-state index is 0.464. The predicted octanol–water partition coefficient (Wildman–Crippen LogP) is 4.73. The number of methoxy groups -OCH3 is 1. The highest BCUT2D eigenvalue weighted by Crippen LogP contribution is 2.37. The molecule has 0 radical (unpaired) electrons. The van der Waals surface area contributed by atoms with Crippen molar-refractivity contribution in [1.29, 1.82) is 0 Å². The fourth-order valence-electron chi connectivity index (χ4n) is 2.04. The molecular weight excluding hydrogens is 343 g/mol. The quantitative estimate of drug-likeness (QED) is 0.637. The third-order valence-corrected chi connectivity index (χ3v) is 4.56. The van der Waals surface area contributed by atoms with Gasteiger partial charge in [0.05, 0.1) is 28.5 Å². The van der Waals surface area contributed by atoms with Crippen molar-refractivity contribution >= 4 is 40.8 Å². The molecule has 0 amide bonds. The average Bonchev–Trinajstić information content (AvgIpc) is 3.16. The van der Waals surface area contributed by atoms with E-state index in [2.05, 4.69) is 4.98 Å². The Labute approximate surface area is 140 Å². The lowest BCUT2D eigenvalue weighted by atomic mass is 10.1. The number of hydrogen-bond donors (Lipinski definition) is 0. The molecule has 0 aliphatic carbocycles. The molecule has 0 unspecified atom stereocenters. The van der Waals surface area contributed by atoms with Crippen LogP contribution < -0.4 is 4.74 Å². The second kappa shape index (κ2) is 6.12. The van der Waals surface area contributed by atoms with Crippen LogP contribution in [0, 0.1) is 0 Å². The molecule has 4 nitrogen and oxygen atoms in total. The van der Waals surface area contributed by atoms with E-state index in [9.17, 15) is 4.79 Å². The molecule has 2 aromatic heterocycles. The number of rotatable bonds is 4. The first-order valence-electron chi connectivity index (χ1n) is 6.26. The van der Waals surface area contributed by atoms with Crippen molar-refractivity contribution in [1.82, 2.24) is 9.55 Å². The smallest absolute Gasteiger partial charge is 0.194 e. The highest BCUT2D eigenvalue weighted by Gasteiger charge is 2.14. The third-order valence-electron chi connectivity index (χ3n) is 3.12. The van der Waals surface area contributed by atoms with E-state index in [1.165, 1.54) is 18.4 Å². The first-order valence-corrected chi connectivity index (χ1v) is 7.89. The van der Waals surface area contributed by atoms with E-state index in [1.54, 1.807) is 35.0 Å². The van der Waals surface area contributed by atoms with Crippen LogP contribution in [0.25, 0.3) is 16.4 Å². The molecule has 2 heterocycles. The van der Waals surface area contributed by atoms with Crippen LogP contribution in [0.4, 0.5) is 0 Å². The molecule has 0 spiro atoms. The van der Waals surface area contributed by atoms with Gasteiger partial charge < -0.3 is 4.74 Å². The summed E-state index contributed by atoms with van der Waals surface area (Å²) < 4.78 is 6.86. The molecule has 0 fully saturated rings. The maximum atomic E-state index is 11.0. The Morgan fingerprint density at radius 1 is 1.32 bits per heavy atom. The first-order chi connectivity index (χ1) is 10.6. The van der Waals surface area contributed by atoms with Crippen LogP contribution in [0.15, 0.2) is 35.8 Å². The van der Waals surface area contributed by atoms with Crippen molar-refractivity contribution in [2.24, 2.45) is 0 Å². The summed E-state index contributed by atoms with van der Waals surface area (Å²) in [5.74, 6) is 0.513. The van der Waals surface area contributed by atoms with E-state index < -0.39 is 0 Å². The second-order valence-electron chi connectivity index (χ2n) is 4.40. The number of aldehydes is 1. The van der Waals surface area contributed by atoms with E-state index in [1.807, 2.05) is 5.38 Å². The number of hydrogen-bond acceptors (Lipinski definition) is 4. The van der Waals surface area contributed by atoms with Gasteiger partial charge >= 0.3 is 0 Å². The molecule has 3 rings (SSSR count). The molecule has 0 N–H and O–H groups in total. The second-order valence-corrected chi connectivity index (χ2v) is 6.05. The summed E-state index contributed by atoms with van der Waals surface area (Å²) >= 11 is 13.8. The van der Waals surface area contributed by atoms with Gasteiger partial charge in [0.2, 0.25) is 0 Å². The summed E-state index contributed by atoms with van der Waals surface area (Å²) in [7, 11) is 1.53. The van der Waals surface area contributed by atoms with E-state index in [0.717, 1.165) is 11.8 Å². The van der Waals surface area contributed by atoms with Gasteiger partial charge in [-0.15, -0.1) is 11.3 Å². The van der Waals surface area contributed by atoms with Gasteiger partial charge in [-0.25, -0.2) is 4.98 Å². The van der Waals surface area contributed by atoms with Crippen LogP contribution >= 0.6 is 34.5 Å². The zero-order valence-corrected chi connectivity index (χ0v) is 13.7. The van der Waals surface area contributed by atoms with Gasteiger partial charge in [-0.05, 0) is 18.2 Å². The lowest BCUT2D eigenvalue weighted by Gasteiger charge is -2.07. The Hall–Kier alpha value is -1.82. The molecule has 112 valence electrons. The van der Waals surface area contributed by atoms with Crippen LogP contribution in [-0.2, 0) is 0 Å². The predicted molar refractivity (Wildman–Crippen MR) is 88.8 cm³/mol. The van der Waals surface area contributed by atoms with Crippen molar-refractivity contribution in [2.45, 2.75) is 0 Å². The van der Waals surface area contributed by atoms with Crippen LogP contribution in [0.2, 0.25) is 10.0 Å². The lowest BCUT2D eigenvalue weighted by Crippen LogP contribution is -1.96. The highest BCUT2D eigenvalue weighted by atomic mass is 35.5. The van der Waals surface area contributed by atoms with Gasteiger partial charge in [0.25, 0.3) is 0 Å². The Kier molecular flexibility index (Phi) is 4.20. The van der Waals surface area contributed by atoms with E-state index in [4.69, 9.17) is 27.9 Å². The topological polar surface area (TPSA) is 44.1 Å². The fourth-order valence-corrected chi connectivity index (χ4v) is 3.36. The summed E-state index contributed by atoms with van der Waals surface area (Å²) in [6, 6.07) is 6.90. The Bertz CT molecular complexity index is 842. The van der Waals surface area contributed by atoms with E-state index in [-0.39, 0.29) is 0 Å². The van der Waals surface area contributed by atoms with Crippen LogP contribution in [0.3, 0.4) is 0 Å². The van der Waals surface area contributed by atoms with Crippen molar-refractivity contribution in [3.63, 3.8) is 0 Å². The minimum absolute atomic E-state index is 0.464. The summed E-state index contributed by atoms with van der Waals surface area (Å²) in [5.41, 5.74) is 1.95. The number of carbonyl (C=O) groups excluding carboxylic acids is 1. The number of thiazole rings is 1. The molecule has 7 heteroatoms. The summed E-state index contributed by atoms with van der Waals surface area (Å²) in [6.45, 7) is 0. The first kappa shape index (κ1) is 15.1. The van der Waals surface area contributed by atoms with Gasteiger partial charge in [-0.2, -0.15) is 0 Å². The van der Waals surface area contributed by atoms with Crippen molar-refractivity contribution in [3.05, 3.63) is 51.6 Å². The van der Waals surface area contributed by atoms with E-state index in [0.29, 0.717) is 32.3 Å². The molecule has 22 heavy (non-hydrogen) atoms. The summed E-state index contributed by atoms with van der Waals surface area (Å²) in [4.78, 5) is 15.5. The van der Waals surface area contributed by atoms with Crippen LogP contribution in [0.5, 0.6) is 5.75 Å². The summed E-state index contributed by atoms with van der Waals surface area (Å²) in [6.07, 6.45) is 2.58. The standard InChI is InChI=1S/C15H10Cl2N2O2S/c1-21-14-6-11(16)10(5-12(14)17)13-8-22-15(18-13)19-4-2-3-9(19)7-20/h2-8H,1H3. The van der Waals surface area contributed by atoms with Gasteiger partial charge in [-0.1, -0.05) is 23.2 Å². The molecule has 0 saturated heterocycles. The monoisotopic (exact) mass is 352 g/mol. The Morgan fingerprint density at radius 2 is 2.14 bits per heavy atom. The molecule has 1 aromatic carbocycles. The molecule has 0 atom stereocenters. The minimum Gasteiger partial charge on any atom is -0.495 e. The van der Waals surface area contributed by atoms with Crippen LogP contribution in [0.1, 0.15) is 10.5 Å². The Morgan fingerprint density at radius 3 is 2.86 bits per heavy atom. The normalized spacial score (nSPS) is 10.7. The van der Waals surface area contributed by atoms with Gasteiger partial charge in [-0.3, -0.25) is 9.36 Å². The zero-order valence-electron chi connectivity index (χ0n) is 11.4. The molecular formula is C15H10Cl2N2O2S. The lowest BCUT2D eigenvalue weighted by molar-refractivity contribution is 0.111. The van der Waals surface area contributed by atoms with Crippen LogP contribution in [-0.4, -0.2) is 22.9 Å². The van der Waals surface area contributed by atoms with Crippen molar-refractivity contribution < 1.29 is 9.53 Å². The van der Waals surface area contributed by atoms with Crippen molar-refractivity contribution in [2.75, 3.05) is 7.11 Å². The molecule has 0 aliphatic rings. The summed E-state index contributed by atoms with van der Waals surface area (Å²) in [5, 5.41) is 3.52. The van der Waals surface area contributed by atoms with Crippen molar-refractivity contribution in [3.8, 4) is 22.1 Å². The number of benzene rings is 1. The number of carbonyl (C=O) groups is 1. The Balaban J connectivity index is 2.05. The SMILES string of the molecule is COc1cc(Cl)c(-c2csc(-n3cccc3C=O)n2)cc1Cl. The fraction of sp³-hybridized carbons (Fsp3) is 0.0667. The average molecular weight is 353 g/mol. The number of halogens is 2. The number of ether oxygens (including phenoxy) is 1. The molecule has 3 aromatic rings. The zero-order chi connectivity index (χ0) is 15.7. The maximum absolute atomic E-state index is 11.0.